The molecule has 0 spiro atoms. The van der Waals surface area contributed by atoms with E-state index in [2.05, 4.69) is 32.1 Å². The van der Waals surface area contributed by atoms with E-state index >= 15 is 0 Å². The lowest BCUT2D eigenvalue weighted by atomic mass is 9.50. The molecule has 2 fully saturated rings. The summed E-state index contributed by atoms with van der Waals surface area (Å²) in [6, 6.07) is 0. The first-order chi connectivity index (χ1) is 9.95. The van der Waals surface area contributed by atoms with Gasteiger partial charge in [-0.3, -0.25) is 4.79 Å². The molecule has 1 unspecified atom stereocenters. The fraction of sp³-hybridized carbons (Fsp3) is 0.632. The molecule has 4 aliphatic carbocycles. The van der Waals surface area contributed by atoms with Crippen LogP contribution in [0.2, 0.25) is 0 Å². The van der Waals surface area contributed by atoms with Crippen LogP contribution in [0.5, 0.6) is 0 Å². The second kappa shape index (κ2) is 4.19. The molecule has 112 valence electrons. The zero-order valence-corrected chi connectivity index (χ0v) is 12.9. The highest BCUT2D eigenvalue weighted by molar-refractivity contribution is 6.01. The van der Waals surface area contributed by atoms with Gasteiger partial charge >= 0.3 is 0 Å². The Morgan fingerprint density at radius 3 is 2.76 bits per heavy atom. The van der Waals surface area contributed by atoms with Crippen LogP contribution < -0.4 is 0 Å². The summed E-state index contributed by atoms with van der Waals surface area (Å²) in [6.45, 7) is 4.57. The van der Waals surface area contributed by atoms with Crippen molar-refractivity contribution in [2.45, 2.75) is 45.6 Å². The Morgan fingerprint density at radius 2 is 1.95 bits per heavy atom. The first-order valence-corrected chi connectivity index (χ1v) is 8.27. The molecule has 6 atom stereocenters. The molecule has 0 aromatic rings. The van der Waals surface area contributed by atoms with E-state index < -0.39 is 0 Å². The molecule has 4 aliphatic rings. The standard InChI is InChI=1S/C19H24O2/c1-18-9-7-13(20)11-12(18)3-4-14-15-5-6-17(21)19(15,2)10-8-16(14)18/h3-4,7,9,11,14-17,21H,5-6,8,10H2,1-2H3/t14-,15-,16-,17?,18-,19-/m0/s1. The topological polar surface area (TPSA) is 37.3 Å². The van der Waals surface area contributed by atoms with Crippen molar-refractivity contribution in [1.82, 2.24) is 0 Å². The van der Waals surface area contributed by atoms with Gasteiger partial charge in [0.2, 0.25) is 0 Å². The Kier molecular flexibility index (Phi) is 2.70. The van der Waals surface area contributed by atoms with Gasteiger partial charge in [-0.05, 0) is 66.6 Å². The third kappa shape index (κ3) is 1.66. The molecule has 0 aromatic heterocycles. The third-order valence-electron chi connectivity index (χ3n) is 7.06. The first-order valence-electron chi connectivity index (χ1n) is 8.27. The van der Waals surface area contributed by atoms with Gasteiger partial charge in [-0.2, -0.15) is 0 Å². The van der Waals surface area contributed by atoms with Crippen LogP contribution in [0, 0.1) is 28.6 Å². The van der Waals surface area contributed by atoms with Crippen molar-refractivity contribution in [2.75, 3.05) is 0 Å². The number of carbonyl (C=O) groups is 1. The van der Waals surface area contributed by atoms with Crippen molar-refractivity contribution in [2.24, 2.45) is 28.6 Å². The molecule has 2 heteroatoms. The van der Waals surface area contributed by atoms with E-state index in [4.69, 9.17) is 0 Å². The molecule has 1 N–H and O–H groups in total. The molecule has 21 heavy (non-hydrogen) atoms. The van der Waals surface area contributed by atoms with Crippen molar-refractivity contribution in [3.05, 3.63) is 36.0 Å². The van der Waals surface area contributed by atoms with Gasteiger partial charge in [0, 0.05) is 5.41 Å². The Morgan fingerprint density at radius 1 is 1.14 bits per heavy atom. The molecule has 0 heterocycles. The number of ketones is 1. The minimum atomic E-state index is -0.134. The lowest BCUT2D eigenvalue weighted by Crippen LogP contribution is -2.48. The summed E-state index contributed by atoms with van der Waals surface area (Å²) in [4.78, 5) is 11.7. The van der Waals surface area contributed by atoms with Crippen molar-refractivity contribution in [3.8, 4) is 0 Å². The summed E-state index contributed by atoms with van der Waals surface area (Å²) in [5.74, 6) is 1.82. The molecule has 2 nitrogen and oxygen atoms in total. The number of aliphatic hydroxyl groups is 1. The molecule has 0 bridgehead atoms. The largest absolute Gasteiger partial charge is 0.393 e. The van der Waals surface area contributed by atoms with Crippen molar-refractivity contribution < 1.29 is 9.90 Å². The number of hydrogen-bond acceptors (Lipinski definition) is 2. The summed E-state index contributed by atoms with van der Waals surface area (Å²) in [5.41, 5.74) is 1.28. The maximum atomic E-state index is 11.7. The maximum Gasteiger partial charge on any atom is 0.178 e. The van der Waals surface area contributed by atoms with E-state index in [-0.39, 0.29) is 22.7 Å². The summed E-state index contributed by atoms with van der Waals surface area (Å²) in [5, 5.41) is 10.4. The highest BCUT2D eigenvalue weighted by atomic mass is 16.3. The van der Waals surface area contributed by atoms with Crippen molar-refractivity contribution in [3.63, 3.8) is 0 Å². The van der Waals surface area contributed by atoms with E-state index in [1.165, 1.54) is 5.57 Å². The Hall–Kier alpha value is -1.15. The number of allylic oxidation sites excluding steroid dienone is 6. The quantitative estimate of drug-likeness (QED) is 0.740. The summed E-state index contributed by atoms with van der Waals surface area (Å²) in [7, 11) is 0. The second-order valence-corrected chi connectivity index (χ2v) is 7.91. The van der Waals surface area contributed by atoms with E-state index in [9.17, 15) is 9.90 Å². The van der Waals surface area contributed by atoms with Crippen molar-refractivity contribution in [1.29, 1.82) is 0 Å². The van der Waals surface area contributed by atoms with Gasteiger partial charge in [-0.15, -0.1) is 0 Å². The van der Waals surface area contributed by atoms with Gasteiger partial charge < -0.3 is 5.11 Å². The third-order valence-corrected chi connectivity index (χ3v) is 7.06. The predicted molar refractivity (Wildman–Crippen MR) is 82.5 cm³/mol. The van der Waals surface area contributed by atoms with E-state index in [1.807, 2.05) is 6.08 Å². The smallest absolute Gasteiger partial charge is 0.178 e. The van der Waals surface area contributed by atoms with Crippen LogP contribution in [-0.4, -0.2) is 17.0 Å². The molecule has 0 saturated heterocycles. The van der Waals surface area contributed by atoms with Gasteiger partial charge in [0.05, 0.1) is 6.10 Å². The summed E-state index contributed by atoms with van der Waals surface area (Å²) < 4.78 is 0. The minimum absolute atomic E-state index is 0.00218. The molecular weight excluding hydrogens is 260 g/mol. The number of rotatable bonds is 0. The van der Waals surface area contributed by atoms with Gasteiger partial charge in [-0.25, -0.2) is 0 Å². The van der Waals surface area contributed by atoms with Crippen LogP contribution >= 0.6 is 0 Å². The lowest BCUT2D eigenvalue weighted by Gasteiger charge is -2.54. The Bertz CT molecular complexity index is 584. The van der Waals surface area contributed by atoms with Crippen LogP contribution in [0.15, 0.2) is 36.0 Å². The van der Waals surface area contributed by atoms with E-state index in [0.717, 1.165) is 25.7 Å². The van der Waals surface area contributed by atoms with Crippen LogP contribution in [0.1, 0.15) is 39.5 Å². The lowest BCUT2D eigenvalue weighted by molar-refractivity contribution is -0.110. The van der Waals surface area contributed by atoms with Gasteiger partial charge in [-0.1, -0.05) is 32.1 Å². The van der Waals surface area contributed by atoms with Gasteiger partial charge in [0.15, 0.2) is 5.78 Å². The monoisotopic (exact) mass is 284 g/mol. The van der Waals surface area contributed by atoms with Crippen molar-refractivity contribution >= 4 is 5.78 Å². The van der Waals surface area contributed by atoms with E-state index in [1.54, 1.807) is 6.08 Å². The number of carbonyl (C=O) groups excluding carboxylic acids is 1. The van der Waals surface area contributed by atoms with Crippen LogP contribution in [0.4, 0.5) is 0 Å². The normalized spacial score (nSPS) is 51.2. The molecule has 4 rings (SSSR count). The second-order valence-electron chi connectivity index (χ2n) is 7.91. The van der Waals surface area contributed by atoms with Crippen LogP contribution in [0.3, 0.4) is 0 Å². The average Bonchev–Trinajstić information content (AvgIpc) is 2.76. The SMILES string of the molecule is C[C@]12C=CC(=O)C=C1C=C[C@@H]1[C@@H]2CC[C@]2(C)C(O)CC[C@@H]12. The summed E-state index contributed by atoms with van der Waals surface area (Å²) >= 11 is 0. The molecule has 0 aromatic carbocycles. The highest BCUT2D eigenvalue weighted by Gasteiger charge is 2.57. The highest BCUT2D eigenvalue weighted by Crippen LogP contribution is 2.62. The maximum absolute atomic E-state index is 11.7. The Balaban J connectivity index is 1.77. The zero-order chi connectivity index (χ0) is 14.8. The van der Waals surface area contributed by atoms with Crippen LogP contribution in [-0.2, 0) is 4.79 Å². The number of aliphatic hydroxyl groups excluding tert-OH is 1. The van der Waals surface area contributed by atoms with E-state index in [0.29, 0.717) is 17.8 Å². The number of fused-ring (bicyclic) bond motifs is 5. The first kappa shape index (κ1) is 13.5. The predicted octanol–water partition coefficient (Wildman–Crippen LogP) is 3.43. The fourth-order valence-electron chi connectivity index (χ4n) is 5.62. The molecule has 2 saturated carbocycles. The molecule has 0 aliphatic heterocycles. The summed E-state index contributed by atoms with van der Waals surface area (Å²) in [6.07, 6.45) is 14.4. The molecule has 0 radical (unpaired) electrons. The van der Waals surface area contributed by atoms with Gasteiger partial charge in [0.25, 0.3) is 0 Å². The van der Waals surface area contributed by atoms with Crippen LogP contribution in [0.25, 0.3) is 0 Å². The number of hydrogen-bond donors (Lipinski definition) is 1. The Labute approximate surface area is 126 Å². The minimum Gasteiger partial charge on any atom is -0.393 e. The average molecular weight is 284 g/mol. The fourth-order valence-corrected chi connectivity index (χ4v) is 5.62. The molecule has 0 amide bonds. The van der Waals surface area contributed by atoms with Gasteiger partial charge in [0.1, 0.15) is 0 Å². The zero-order valence-electron chi connectivity index (χ0n) is 12.9. The molecular formula is C19H24O2.